The van der Waals surface area contributed by atoms with Gasteiger partial charge in [-0.25, -0.2) is 0 Å². The highest BCUT2D eigenvalue weighted by atomic mass is 32.1. The standard InChI is InChI=1S/C29H31NOS/c1-22-9-13-24(14-10-22)29-27(26-7-3-4-8-28(26)32-29)21-23-11-15-25(16-12-23)31-20-19-30-17-5-2-6-18-30/h3-4,7-16H,2,5-6,17-21H2,1H3. The summed E-state index contributed by atoms with van der Waals surface area (Å²) < 4.78 is 7.39. The summed E-state index contributed by atoms with van der Waals surface area (Å²) in [7, 11) is 0. The summed E-state index contributed by atoms with van der Waals surface area (Å²) in [5.74, 6) is 0.972. The van der Waals surface area contributed by atoms with E-state index in [1.165, 1.54) is 69.6 Å². The van der Waals surface area contributed by atoms with Gasteiger partial charge in [-0.1, -0.05) is 66.6 Å². The first kappa shape index (κ1) is 21.2. The van der Waals surface area contributed by atoms with Crippen molar-refractivity contribution in [2.24, 2.45) is 0 Å². The molecule has 5 rings (SSSR count). The summed E-state index contributed by atoms with van der Waals surface area (Å²) in [6, 6.07) is 26.4. The second-order valence-electron chi connectivity index (χ2n) is 8.84. The summed E-state index contributed by atoms with van der Waals surface area (Å²) in [5.41, 5.74) is 5.36. The minimum Gasteiger partial charge on any atom is -0.492 e. The lowest BCUT2D eigenvalue weighted by atomic mass is 9.98. The van der Waals surface area contributed by atoms with E-state index in [0.29, 0.717) is 0 Å². The van der Waals surface area contributed by atoms with E-state index in [4.69, 9.17) is 4.74 Å². The molecule has 0 N–H and O–H groups in total. The molecule has 1 fully saturated rings. The number of benzene rings is 3. The van der Waals surface area contributed by atoms with Gasteiger partial charge in [0, 0.05) is 16.1 Å². The fraction of sp³-hybridized carbons (Fsp3) is 0.310. The van der Waals surface area contributed by atoms with Crippen molar-refractivity contribution in [3.8, 4) is 16.2 Å². The van der Waals surface area contributed by atoms with Gasteiger partial charge in [-0.2, -0.15) is 0 Å². The van der Waals surface area contributed by atoms with E-state index in [9.17, 15) is 0 Å². The monoisotopic (exact) mass is 441 g/mol. The van der Waals surface area contributed by atoms with E-state index in [-0.39, 0.29) is 0 Å². The molecule has 0 saturated carbocycles. The maximum Gasteiger partial charge on any atom is 0.119 e. The summed E-state index contributed by atoms with van der Waals surface area (Å²) in [6.45, 7) is 6.39. The fourth-order valence-corrected chi connectivity index (χ4v) is 5.82. The first-order chi connectivity index (χ1) is 15.8. The minimum absolute atomic E-state index is 0.770. The third kappa shape index (κ3) is 4.90. The molecule has 4 aromatic rings. The fourth-order valence-electron chi connectivity index (χ4n) is 4.60. The van der Waals surface area contributed by atoms with Gasteiger partial charge in [-0.3, -0.25) is 4.90 Å². The first-order valence-electron chi connectivity index (χ1n) is 11.8. The molecule has 0 bridgehead atoms. The number of aryl methyl sites for hydroxylation is 1. The lowest BCUT2D eigenvalue weighted by molar-refractivity contribution is 0.183. The largest absolute Gasteiger partial charge is 0.492 e. The summed E-state index contributed by atoms with van der Waals surface area (Å²) >= 11 is 1.90. The Kier molecular flexibility index (Phi) is 6.56. The zero-order chi connectivity index (χ0) is 21.8. The van der Waals surface area contributed by atoms with Crippen LogP contribution in [0.3, 0.4) is 0 Å². The molecule has 3 aromatic carbocycles. The molecule has 1 saturated heterocycles. The Balaban J connectivity index is 1.31. The second-order valence-corrected chi connectivity index (χ2v) is 9.90. The summed E-state index contributed by atoms with van der Waals surface area (Å²) in [5, 5.41) is 1.37. The number of hydrogen-bond donors (Lipinski definition) is 0. The maximum atomic E-state index is 6.03. The number of hydrogen-bond acceptors (Lipinski definition) is 3. The van der Waals surface area contributed by atoms with Crippen LogP contribution in [0.15, 0.2) is 72.8 Å². The highest BCUT2D eigenvalue weighted by Gasteiger charge is 2.14. The van der Waals surface area contributed by atoms with Crippen molar-refractivity contribution in [2.45, 2.75) is 32.6 Å². The molecule has 3 heteroatoms. The number of rotatable bonds is 7. The molecule has 0 atom stereocenters. The van der Waals surface area contributed by atoms with Gasteiger partial charge in [-0.05, 0) is 79.6 Å². The van der Waals surface area contributed by atoms with Gasteiger partial charge >= 0.3 is 0 Å². The first-order valence-corrected chi connectivity index (χ1v) is 12.6. The Hall–Kier alpha value is -2.62. The quantitative estimate of drug-likeness (QED) is 0.298. The van der Waals surface area contributed by atoms with Crippen molar-refractivity contribution >= 4 is 21.4 Å². The second kappa shape index (κ2) is 9.89. The molecule has 164 valence electrons. The van der Waals surface area contributed by atoms with Gasteiger partial charge in [0.15, 0.2) is 0 Å². The normalized spacial score (nSPS) is 14.7. The van der Waals surface area contributed by atoms with Crippen LogP contribution < -0.4 is 4.74 Å². The smallest absolute Gasteiger partial charge is 0.119 e. The zero-order valence-corrected chi connectivity index (χ0v) is 19.7. The van der Waals surface area contributed by atoms with E-state index in [2.05, 4.69) is 84.6 Å². The Morgan fingerprint density at radius 2 is 1.59 bits per heavy atom. The topological polar surface area (TPSA) is 12.5 Å². The highest BCUT2D eigenvalue weighted by Crippen LogP contribution is 2.40. The van der Waals surface area contributed by atoms with Crippen LogP contribution in [-0.2, 0) is 6.42 Å². The van der Waals surface area contributed by atoms with Crippen LogP contribution in [0.4, 0.5) is 0 Å². The number of likely N-dealkylation sites (tertiary alicyclic amines) is 1. The van der Waals surface area contributed by atoms with Crippen molar-refractivity contribution < 1.29 is 4.74 Å². The lowest BCUT2D eigenvalue weighted by Crippen LogP contribution is -2.33. The van der Waals surface area contributed by atoms with Crippen LogP contribution in [0.2, 0.25) is 0 Å². The number of fused-ring (bicyclic) bond motifs is 1. The predicted octanol–water partition coefficient (Wildman–Crippen LogP) is 7.33. The number of thiophene rings is 1. The van der Waals surface area contributed by atoms with Gasteiger partial charge in [0.2, 0.25) is 0 Å². The molecule has 2 nitrogen and oxygen atoms in total. The third-order valence-electron chi connectivity index (χ3n) is 6.44. The molecular weight excluding hydrogens is 410 g/mol. The van der Waals surface area contributed by atoms with Crippen LogP contribution in [0.25, 0.3) is 20.5 Å². The minimum atomic E-state index is 0.770. The van der Waals surface area contributed by atoms with Crippen molar-refractivity contribution in [1.82, 2.24) is 4.90 Å². The van der Waals surface area contributed by atoms with E-state index < -0.39 is 0 Å². The van der Waals surface area contributed by atoms with Crippen LogP contribution in [0.1, 0.15) is 36.0 Å². The zero-order valence-electron chi connectivity index (χ0n) is 18.8. The van der Waals surface area contributed by atoms with E-state index >= 15 is 0 Å². The molecule has 32 heavy (non-hydrogen) atoms. The molecule has 2 heterocycles. The molecule has 0 amide bonds. The summed E-state index contributed by atoms with van der Waals surface area (Å²) in [4.78, 5) is 3.90. The van der Waals surface area contributed by atoms with Crippen LogP contribution in [0, 0.1) is 6.92 Å². The maximum absolute atomic E-state index is 6.03. The van der Waals surface area contributed by atoms with Gasteiger partial charge in [-0.15, -0.1) is 11.3 Å². The Labute approximate surface area is 195 Å². The average Bonchev–Trinajstić information content (AvgIpc) is 3.20. The van der Waals surface area contributed by atoms with E-state index in [1.54, 1.807) is 0 Å². The van der Waals surface area contributed by atoms with Crippen LogP contribution in [-0.4, -0.2) is 31.1 Å². The lowest BCUT2D eigenvalue weighted by Gasteiger charge is -2.26. The molecule has 1 aromatic heterocycles. The molecule has 0 unspecified atom stereocenters. The van der Waals surface area contributed by atoms with E-state index in [0.717, 1.165) is 25.3 Å². The molecule has 1 aliphatic rings. The van der Waals surface area contributed by atoms with Gasteiger partial charge in [0.1, 0.15) is 12.4 Å². The van der Waals surface area contributed by atoms with Gasteiger partial charge < -0.3 is 4.74 Å². The molecule has 1 aliphatic heterocycles. The van der Waals surface area contributed by atoms with Crippen molar-refractivity contribution in [1.29, 1.82) is 0 Å². The molecule has 0 aliphatic carbocycles. The molecular formula is C29H31NOS. The van der Waals surface area contributed by atoms with Crippen molar-refractivity contribution in [3.63, 3.8) is 0 Å². The predicted molar refractivity (Wildman–Crippen MR) is 137 cm³/mol. The van der Waals surface area contributed by atoms with E-state index in [1.807, 2.05) is 11.3 Å². The highest BCUT2D eigenvalue weighted by molar-refractivity contribution is 7.22. The molecule has 0 spiro atoms. The van der Waals surface area contributed by atoms with Crippen LogP contribution >= 0.6 is 11.3 Å². The average molecular weight is 442 g/mol. The van der Waals surface area contributed by atoms with Crippen molar-refractivity contribution in [2.75, 3.05) is 26.2 Å². The van der Waals surface area contributed by atoms with Gasteiger partial charge in [0.05, 0.1) is 0 Å². The third-order valence-corrected chi connectivity index (χ3v) is 7.70. The SMILES string of the molecule is Cc1ccc(-c2sc3ccccc3c2Cc2ccc(OCCN3CCCCC3)cc2)cc1. The Morgan fingerprint density at radius 1 is 0.844 bits per heavy atom. The number of piperidine rings is 1. The van der Waals surface area contributed by atoms with Gasteiger partial charge in [0.25, 0.3) is 0 Å². The number of ether oxygens (including phenoxy) is 1. The number of nitrogens with zero attached hydrogens (tertiary/aromatic N) is 1. The van der Waals surface area contributed by atoms with Crippen molar-refractivity contribution in [3.05, 3.63) is 89.5 Å². The Bertz CT molecular complexity index is 1150. The van der Waals surface area contributed by atoms with Crippen LogP contribution in [0.5, 0.6) is 5.75 Å². The molecule has 0 radical (unpaired) electrons. The summed E-state index contributed by atoms with van der Waals surface area (Å²) in [6.07, 6.45) is 4.97. The Morgan fingerprint density at radius 3 is 2.38 bits per heavy atom.